The third-order valence-electron chi connectivity index (χ3n) is 3.60. The van der Waals surface area contributed by atoms with E-state index in [1.807, 2.05) is 12.3 Å². The quantitative estimate of drug-likeness (QED) is 0.776. The Labute approximate surface area is 102 Å². The van der Waals surface area contributed by atoms with Crippen LogP contribution in [-0.4, -0.2) is 42.2 Å². The van der Waals surface area contributed by atoms with Gasteiger partial charge in [0.15, 0.2) is 0 Å². The second kappa shape index (κ2) is 4.98. The minimum absolute atomic E-state index is 0.613. The molecule has 2 aliphatic heterocycles. The van der Waals surface area contributed by atoms with Crippen molar-refractivity contribution in [3.63, 3.8) is 0 Å². The number of hydrogen-bond acceptors (Lipinski definition) is 3. The van der Waals surface area contributed by atoms with Crippen LogP contribution in [0.2, 0.25) is 0 Å². The van der Waals surface area contributed by atoms with Crippen molar-refractivity contribution in [1.82, 2.24) is 9.88 Å². The number of nitrogens with zero attached hydrogens (tertiary/aromatic N) is 2. The molecule has 1 aromatic rings. The second-order valence-corrected chi connectivity index (χ2v) is 4.72. The van der Waals surface area contributed by atoms with E-state index in [0.29, 0.717) is 6.04 Å². The molecule has 1 aromatic heterocycles. The molecule has 0 N–H and O–H groups in total. The van der Waals surface area contributed by atoms with Gasteiger partial charge in [0, 0.05) is 31.9 Å². The summed E-state index contributed by atoms with van der Waals surface area (Å²) in [4.78, 5) is 6.98. The first-order valence-electron chi connectivity index (χ1n) is 6.36. The molecule has 0 saturated carbocycles. The van der Waals surface area contributed by atoms with Gasteiger partial charge in [-0.2, -0.15) is 0 Å². The number of pyridine rings is 1. The molecule has 90 valence electrons. The van der Waals surface area contributed by atoms with Gasteiger partial charge in [0.05, 0.1) is 12.3 Å². The molecule has 1 fully saturated rings. The fourth-order valence-electron chi connectivity index (χ4n) is 2.63. The van der Waals surface area contributed by atoms with Crippen LogP contribution < -0.4 is 0 Å². The Morgan fingerprint density at radius 2 is 2.35 bits per heavy atom. The molecule has 0 bridgehead atoms. The van der Waals surface area contributed by atoms with Gasteiger partial charge >= 0.3 is 0 Å². The van der Waals surface area contributed by atoms with Crippen LogP contribution in [-0.2, 0) is 4.74 Å². The second-order valence-electron chi connectivity index (χ2n) is 4.72. The lowest BCUT2D eigenvalue weighted by Crippen LogP contribution is -2.39. The first kappa shape index (κ1) is 10.9. The largest absolute Gasteiger partial charge is 0.380 e. The average Bonchev–Trinajstić information content (AvgIpc) is 2.94. The zero-order chi connectivity index (χ0) is 11.5. The normalized spacial score (nSPS) is 25.9. The molecule has 1 atom stereocenters. The molecule has 3 heterocycles. The zero-order valence-electron chi connectivity index (χ0n) is 10.0. The molecule has 0 amide bonds. The van der Waals surface area contributed by atoms with Gasteiger partial charge in [0.1, 0.15) is 0 Å². The Balaban J connectivity index is 1.72. The van der Waals surface area contributed by atoms with Crippen LogP contribution in [0.5, 0.6) is 0 Å². The van der Waals surface area contributed by atoms with Crippen molar-refractivity contribution in [3.05, 3.63) is 36.2 Å². The van der Waals surface area contributed by atoms with E-state index in [1.165, 1.54) is 12.0 Å². The molecule has 17 heavy (non-hydrogen) atoms. The monoisotopic (exact) mass is 230 g/mol. The first-order chi connectivity index (χ1) is 8.43. The fraction of sp³-hybridized carbons (Fsp3) is 0.500. The summed E-state index contributed by atoms with van der Waals surface area (Å²) in [6.07, 6.45) is 6.50. The number of hydrogen-bond donors (Lipinski definition) is 0. The van der Waals surface area contributed by atoms with E-state index < -0.39 is 0 Å². The molecular formula is C14H18N2O. The molecule has 3 nitrogen and oxygen atoms in total. The maximum Gasteiger partial charge on any atom is 0.0671 e. The van der Waals surface area contributed by atoms with E-state index in [2.05, 4.69) is 28.1 Å². The van der Waals surface area contributed by atoms with Gasteiger partial charge in [-0.3, -0.25) is 9.88 Å². The fourth-order valence-corrected chi connectivity index (χ4v) is 2.63. The Kier molecular flexibility index (Phi) is 3.20. The summed E-state index contributed by atoms with van der Waals surface area (Å²) in [6, 6.07) is 6.74. The van der Waals surface area contributed by atoms with E-state index >= 15 is 0 Å². The molecule has 0 radical (unpaired) electrons. The lowest BCUT2D eigenvalue weighted by atomic mass is 10.0. The third kappa shape index (κ3) is 2.40. The summed E-state index contributed by atoms with van der Waals surface area (Å²) in [7, 11) is 0. The maximum atomic E-state index is 5.47. The van der Waals surface area contributed by atoms with Crippen LogP contribution in [0, 0.1) is 0 Å². The summed E-state index contributed by atoms with van der Waals surface area (Å²) in [5.74, 6) is 0. The minimum atomic E-state index is 0.613. The molecule has 1 unspecified atom stereocenters. The molecule has 1 saturated heterocycles. The molecule has 0 aliphatic carbocycles. The predicted molar refractivity (Wildman–Crippen MR) is 67.6 cm³/mol. The Bertz CT molecular complexity index is 396. The first-order valence-corrected chi connectivity index (χ1v) is 6.36. The van der Waals surface area contributed by atoms with Gasteiger partial charge < -0.3 is 4.74 Å². The van der Waals surface area contributed by atoms with Crippen molar-refractivity contribution in [2.45, 2.75) is 18.9 Å². The van der Waals surface area contributed by atoms with Gasteiger partial charge in [0.2, 0.25) is 0 Å². The maximum absolute atomic E-state index is 5.47. The Hall–Kier alpha value is -1.19. The third-order valence-corrected chi connectivity index (χ3v) is 3.60. The van der Waals surface area contributed by atoms with Gasteiger partial charge in [0.25, 0.3) is 0 Å². The molecule has 3 heteroatoms. The van der Waals surface area contributed by atoms with Crippen molar-refractivity contribution in [2.24, 2.45) is 0 Å². The summed E-state index contributed by atoms with van der Waals surface area (Å²) in [5.41, 5.74) is 2.49. The van der Waals surface area contributed by atoms with Crippen molar-refractivity contribution < 1.29 is 4.74 Å². The van der Waals surface area contributed by atoms with Crippen LogP contribution in [0.1, 0.15) is 18.5 Å². The lowest BCUT2D eigenvalue weighted by molar-refractivity contribution is 0.152. The number of ether oxygens (including phenoxy) is 1. The zero-order valence-corrected chi connectivity index (χ0v) is 10.0. The number of rotatable bonds is 2. The highest BCUT2D eigenvalue weighted by molar-refractivity contribution is 5.64. The van der Waals surface area contributed by atoms with Crippen LogP contribution in [0.25, 0.3) is 5.57 Å². The Morgan fingerprint density at radius 3 is 3.12 bits per heavy atom. The SMILES string of the molecule is C1=C(c2ccccn2)CN(C2CCOC2)CC1. The van der Waals surface area contributed by atoms with Crippen molar-refractivity contribution >= 4 is 5.57 Å². The molecule has 2 aliphatic rings. The smallest absolute Gasteiger partial charge is 0.0671 e. The average molecular weight is 230 g/mol. The van der Waals surface area contributed by atoms with E-state index in [1.54, 1.807) is 0 Å². The van der Waals surface area contributed by atoms with Gasteiger partial charge in [-0.25, -0.2) is 0 Å². The van der Waals surface area contributed by atoms with Crippen molar-refractivity contribution in [1.29, 1.82) is 0 Å². The van der Waals surface area contributed by atoms with E-state index in [-0.39, 0.29) is 0 Å². The topological polar surface area (TPSA) is 25.4 Å². The highest BCUT2D eigenvalue weighted by atomic mass is 16.5. The molecule has 0 spiro atoms. The summed E-state index contributed by atoms with van der Waals surface area (Å²) in [6.45, 7) is 3.99. The highest BCUT2D eigenvalue weighted by Gasteiger charge is 2.25. The minimum Gasteiger partial charge on any atom is -0.380 e. The van der Waals surface area contributed by atoms with Gasteiger partial charge in [-0.05, 0) is 30.5 Å². The van der Waals surface area contributed by atoms with Crippen LogP contribution >= 0.6 is 0 Å². The van der Waals surface area contributed by atoms with Gasteiger partial charge in [-0.1, -0.05) is 12.1 Å². The predicted octanol–water partition coefficient (Wildman–Crippen LogP) is 1.96. The number of aromatic nitrogens is 1. The molecule has 3 rings (SSSR count). The van der Waals surface area contributed by atoms with Crippen LogP contribution in [0.3, 0.4) is 0 Å². The molecule has 0 aromatic carbocycles. The highest BCUT2D eigenvalue weighted by Crippen LogP contribution is 2.23. The van der Waals surface area contributed by atoms with E-state index in [0.717, 1.165) is 38.4 Å². The van der Waals surface area contributed by atoms with Crippen LogP contribution in [0.15, 0.2) is 30.5 Å². The van der Waals surface area contributed by atoms with E-state index in [4.69, 9.17) is 4.74 Å². The van der Waals surface area contributed by atoms with Crippen molar-refractivity contribution in [2.75, 3.05) is 26.3 Å². The summed E-state index contributed by atoms with van der Waals surface area (Å²) in [5, 5.41) is 0. The lowest BCUT2D eigenvalue weighted by Gasteiger charge is -2.31. The summed E-state index contributed by atoms with van der Waals surface area (Å²) >= 11 is 0. The summed E-state index contributed by atoms with van der Waals surface area (Å²) < 4.78 is 5.47. The Morgan fingerprint density at radius 1 is 1.35 bits per heavy atom. The van der Waals surface area contributed by atoms with Gasteiger partial charge in [-0.15, -0.1) is 0 Å². The standard InChI is InChI=1S/C14H18N2O/c1-2-7-15-14(5-1)12-4-3-8-16(10-12)13-6-9-17-11-13/h1-2,4-5,7,13H,3,6,8-11H2. The van der Waals surface area contributed by atoms with Crippen molar-refractivity contribution in [3.8, 4) is 0 Å². The van der Waals surface area contributed by atoms with E-state index in [9.17, 15) is 0 Å². The van der Waals surface area contributed by atoms with Crippen LogP contribution in [0.4, 0.5) is 0 Å². The molecular weight excluding hydrogens is 212 g/mol.